The van der Waals surface area contributed by atoms with Crippen molar-refractivity contribution in [2.75, 3.05) is 0 Å². The Morgan fingerprint density at radius 1 is 1.00 bits per heavy atom. The fourth-order valence-electron chi connectivity index (χ4n) is 3.69. The van der Waals surface area contributed by atoms with Gasteiger partial charge in [0.05, 0.1) is 5.52 Å². The Balaban J connectivity index is 2.28. The maximum atomic E-state index is 4.69. The summed E-state index contributed by atoms with van der Waals surface area (Å²) in [5.74, 6) is 0. The third kappa shape index (κ3) is 1.08. The summed E-state index contributed by atoms with van der Waals surface area (Å²) >= 11 is 0. The summed E-state index contributed by atoms with van der Waals surface area (Å²) in [7, 11) is 0. The van der Waals surface area contributed by atoms with Crippen LogP contribution in [0.3, 0.4) is 0 Å². The molecule has 0 spiro atoms. The van der Waals surface area contributed by atoms with Crippen molar-refractivity contribution in [3.8, 4) is 0 Å². The molecule has 0 amide bonds. The molecule has 96 valence electrons. The molecule has 2 heteroatoms. The summed E-state index contributed by atoms with van der Waals surface area (Å²) in [5, 5.41) is 3.98. The van der Waals surface area contributed by atoms with E-state index >= 15 is 0 Å². The Labute approximate surface area is 116 Å². The van der Waals surface area contributed by atoms with Gasteiger partial charge in [0.2, 0.25) is 0 Å². The van der Waals surface area contributed by atoms with Crippen molar-refractivity contribution in [2.24, 2.45) is 0 Å². The molecule has 2 aromatic heterocycles. The average molecular weight is 258 g/mol. The van der Waals surface area contributed by atoms with E-state index in [1.54, 1.807) is 0 Å². The van der Waals surface area contributed by atoms with Gasteiger partial charge in [0, 0.05) is 22.7 Å². The molecule has 2 nitrogen and oxygen atoms in total. The number of hydrogen-bond donors (Lipinski definition) is 0. The molecule has 0 saturated carbocycles. The number of imidazole rings is 1. The van der Waals surface area contributed by atoms with Crippen molar-refractivity contribution in [1.82, 2.24) is 9.38 Å². The highest BCUT2D eigenvalue weighted by atomic mass is 15.0. The van der Waals surface area contributed by atoms with Gasteiger partial charge in [-0.05, 0) is 36.3 Å². The van der Waals surface area contributed by atoms with Crippen LogP contribution in [0.5, 0.6) is 0 Å². The van der Waals surface area contributed by atoms with Crippen LogP contribution in [0.2, 0.25) is 0 Å². The average Bonchev–Trinajstić information content (AvgIpc) is 2.92. The minimum absolute atomic E-state index is 1.09. The third-order valence-electron chi connectivity index (χ3n) is 4.62. The first-order chi connectivity index (χ1) is 9.84. The van der Waals surface area contributed by atoms with Crippen LogP contribution in [0.15, 0.2) is 42.6 Å². The Kier molecular flexibility index (Phi) is 1.77. The Bertz CT molecular complexity index is 1010. The molecule has 0 bridgehead atoms. The molecule has 20 heavy (non-hydrogen) atoms. The zero-order chi connectivity index (χ0) is 13.3. The van der Waals surface area contributed by atoms with Crippen LogP contribution in [0.1, 0.15) is 16.8 Å². The third-order valence-corrected chi connectivity index (χ3v) is 4.62. The number of aromatic nitrogens is 2. The van der Waals surface area contributed by atoms with Crippen LogP contribution in [0, 0.1) is 6.92 Å². The SMILES string of the molecule is Cc1ccc2c3c1c1ccccc1c1ncc(n13)CC2. The number of nitrogens with zero attached hydrogens (tertiary/aromatic N) is 2. The summed E-state index contributed by atoms with van der Waals surface area (Å²) < 4.78 is 2.38. The van der Waals surface area contributed by atoms with E-state index < -0.39 is 0 Å². The Morgan fingerprint density at radius 2 is 1.85 bits per heavy atom. The molecule has 5 rings (SSSR count). The van der Waals surface area contributed by atoms with Crippen molar-refractivity contribution in [2.45, 2.75) is 19.8 Å². The fraction of sp³-hybridized carbons (Fsp3) is 0.167. The molecule has 0 N–H and O–H groups in total. The maximum Gasteiger partial charge on any atom is 0.145 e. The lowest BCUT2D eigenvalue weighted by Gasteiger charge is -2.19. The molecular weight excluding hydrogens is 244 g/mol. The second-order valence-electron chi connectivity index (χ2n) is 5.72. The summed E-state index contributed by atoms with van der Waals surface area (Å²) in [6.45, 7) is 2.21. The van der Waals surface area contributed by atoms with Gasteiger partial charge in [-0.1, -0.05) is 36.4 Å². The topological polar surface area (TPSA) is 17.3 Å². The van der Waals surface area contributed by atoms with E-state index in [0.717, 1.165) is 18.5 Å². The lowest BCUT2D eigenvalue weighted by Crippen LogP contribution is -2.07. The molecule has 2 aromatic carbocycles. The van der Waals surface area contributed by atoms with Gasteiger partial charge in [0.1, 0.15) is 5.65 Å². The van der Waals surface area contributed by atoms with Gasteiger partial charge < -0.3 is 0 Å². The lowest BCUT2D eigenvalue weighted by atomic mass is 9.94. The van der Waals surface area contributed by atoms with Crippen molar-refractivity contribution in [1.29, 1.82) is 0 Å². The number of aryl methyl sites for hydroxylation is 3. The molecule has 3 heterocycles. The van der Waals surface area contributed by atoms with E-state index in [0.29, 0.717) is 0 Å². The number of benzene rings is 2. The zero-order valence-corrected chi connectivity index (χ0v) is 11.4. The first kappa shape index (κ1) is 10.4. The highest BCUT2D eigenvalue weighted by Gasteiger charge is 2.19. The summed E-state index contributed by atoms with van der Waals surface area (Å²) in [6, 6.07) is 13.2. The summed E-state index contributed by atoms with van der Waals surface area (Å²) in [6.07, 6.45) is 4.26. The van der Waals surface area contributed by atoms with Crippen LogP contribution in [-0.2, 0) is 12.8 Å². The second kappa shape index (κ2) is 3.40. The van der Waals surface area contributed by atoms with Gasteiger partial charge >= 0.3 is 0 Å². The highest BCUT2D eigenvalue weighted by Crippen LogP contribution is 2.36. The lowest BCUT2D eigenvalue weighted by molar-refractivity contribution is 0.876. The maximum absolute atomic E-state index is 4.69. The largest absolute Gasteiger partial charge is 0.296 e. The predicted molar refractivity (Wildman–Crippen MR) is 82.3 cm³/mol. The Hall–Kier alpha value is -2.35. The van der Waals surface area contributed by atoms with E-state index in [2.05, 4.69) is 47.7 Å². The van der Waals surface area contributed by atoms with E-state index in [4.69, 9.17) is 4.98 Å². The summed E-state index contributed by atoms with van der Waals surface area (Å²) in [5.41, 5.74) is 6.62. The Morgan fingerprint density at radius 3 is 2.75 bits per heavy atom. The number of pyridine rings is 1. The number of fused-ring (bicyclic) bond motifs is 3. The number of hydrogen-bond acceptors (Lipinski definition) is 1. The van der Waals surface area contributed by atoms with E-state index in [1.165, 1.54) is 38.5 Å². The van der Waals surface area contributed by atoms with Crippen molar-refractivity contribution >= 4 is 27.3 Å². The minimum Gasteiger partial charge on any atom is -0.296 e. The molecule has 1 aliphatic rings. The van der Waals surface area contributed by atoms with Gasteiger partial charge in [0.25, 0.3) is 0 Å². The molecule has 0 saturated heterocycles. The predicted octanol–water partition coefficient (Wildman–Crippen LogP) is 4.05. The number of rotatable bonds is 0. The van der Waals surface area contributed by atoms with Gasteiger partial charge in [-0.2, -0.15) is 0 Å². The molecule has 0 unspecified atom stereocenters. The van der Waals surface area contributed by atoms with E-state index in [-0.39, 0.29) is 0 Å². The minimum atomic E-state index is 1.09. The first-order valence-electron chi connectivity index (χ1n) is 7.14. The molecule has 4 aromatic rings. The van der Waals surface area contributed by atoms with Crippen molar-refractivity contribution in [3.05, 3.63) is 59.4 Å². The normalized spacial score (nSPS) is 13.8. The van der Waals surface area contributed by atoms with Crippen LogP contribution < -0.4 is 0 Å². The molecule has 0 atom stereocenters. The van der Waals surface area contributed by atoms with Gasteiger partial charge in [-0.15, -0.1) is 0 Å². The molecular formula is C18H14N2. The van der Waals surface area contributed by atoms with Crippen molar-refractivity contribution in [3.63, 3.8) is 0 Å². The second-order valence-corrected chi connectivity index (χ2v) is 5.72. The molecule has 0 aliphatic carbocycles. The standard InChI is InChI=1S/C18H14N2/c1-11-6-7-12-8-9-13-10-19-18-15-5-3-2-4-14(15)16(11)17(12)20(13)18/h2-7,10H,8-9H2,1H3. The fourth-order valence-corrected chi connectivity index (χ4v) is 3.69. The van der Waals surface area contributed by atoms with Crippen LogP contribution in [0.4, 0.5) is 0 Å². The first-order valence-corrected chi connectivity index (χ1v) is 7.14. The molecule has 0 fully saturated rings. The summed E-state index contributed by atoms with van der Waals surface area (Å²) in [4.78, 5) is 4.69. The quantitative estimate of drug-likeness (QED) is 0.435. The molecule has 1 aliphatic heterocycles. The van der Waals surface area contributed by atoms with Crippen LogP contribution in [-0.4, -0.2) is 9.38 Å². The van der Waals surface area contributed by atoms with E-state index in [9.17, 15) is 0 Å². The molecule has 0 radical (unpaired) electrons. The van der Waals surface area contributed by atoms with Gasteiger partial charge in [-0.3, -0.25) is 4.40 Å². The van der Waals surface area contributed by atoms with Crippen molar-refractivity contribution < 1.29 is 0 Å². The van der Waals surface area contributed by atoms with Crippen LogP contribution >= 0.6 is 0 Å². The van der Waals surface area contributed by atoms with E-state index in [1.807, 2.05) is 6.20 Å². The van der Waals surface area contributed by atoms with Gasteiger partial charge in [0.15, 0.2) is 0 Å². The zero-order valence-electron chi connectivity index (χ0n) is 11.4. The van der Waals surface area contributed by atoms with Crippen LogP contribution in [0.25, 0.3) is 27.3 Å². The van der Waals surface area contributed by atoms with Gasteiger partial charge in [-0.25, -0.2) is 4.98 Å². The monoisotopic (exact) mass is 258 g/mol. The smallest absolute Gasteiger partial charge is 0.145 e. The highest BCUT2D eigenvalue weighted by molar-refractivity contribution is 6.13.